The number of hydrogen-bond acceptors (Lipinski definition) is 8. The molecule has 2 aromatic heterocycles. The summed E-state index contributed by atoms with van der Waals surface area (Å²) < 4.78 is 58.1. The number of rotatable bonds is 5. The molecule has 8 rings (SSSR count). The van der Waals surface area contributed by atoms with Crippen LogP contribution in [-0.2, 0) is 4.74 Å². The van der Waals surface area contributed by atoms with Crippen LogP contribution in [0.1, 0.15) is 37.7 Å². The molecule has 44 heavy (non-hydrogen) atoms. The van der Waals surface area contributed by atoms with Gasteiger partial charge in [-0.15, -0.1) is 6.42 Å². The lowest BCUT2D eigenvalue weighted by atomic mass is 9.95. The summed E-state index contributed by atoms with van der Waals surface area (Å²) in [6.07, 6.45) is 10.1. The van der Waals surface area contributed by atoms with Crippen molar-refractivity contribution in [2.75, 3.05) is 37.7 Å². The van der Waals surface area contributed by atoms with E-state index in [0.29, 0.717) is 42.7 Å². The fraction of sp³-hybridized carbons (Fsp3) is 0.424. The number of benzene rings is 2. The van der Waals surface area contributed by atoms with Crippen LogP contribution in [0.25, 0.3) is 32.9 Å². The van der Waals surface area contributed by atoms with Gasteiger partial charge in [0.1, 0.15) is 41.4 Å². The van der Waals surface area contributed by atoms with Gasteiger partial charge in [-0.3, -0.25) is 9.88 Å². The van der Waals surface area contributed by atoms with Gasteiger partial charge in [0, 0.05) is 43.3 Å². The number of alkyl halides is 1. The van der Waals surface area contributed by atoms with Gasteiger partial charge in [-0.05, 0) is 55.8 Å². The molecule has 2 aromatic carbocycles. The lowest BCUT2D eigenvalue weighted by Crippen LogP contribution is -2.43. The smallest absolute Gasteiger partial charge is 0.319 e. The molecule has 4 aromatic rings. The molecule has 8 nitrogen and oxygen atoms in total. The lowest BCUT2D eigenvalue weighted by molar-refractivity contribution is 0.107. The second kappa shape index (κ2) is 10.2. The topological polar surface area (TPSA) is 83.8 Å². The summed E-state index contributed by atoms with van der Waals surface area (Å²) in [7, 11) is 0. The van der Waals surface area contributed by atoms with E-state index >= 15 is 4.39 Å². The number of anilines is 1. The van der Waals surface area contributed by atoms with E-state index in [1.54, 1.807) is 0 Å². The number of nitrogens with zero attached hydrogens (tertiary/aromatic N) is 5. The number of fused-ring (bicyclic) bond motifs is 4. The van der Waals surface area contributed by atoms with Crippen molar-refractivity contribution in [2.45, 2.75) is 56.0 Å². The van der Waals surface area contributed by atoms with E-state index in [1.807, 2.05) is 0 Å². The molecule has 0 bridgehead atoms. The van der Waals surface area contributed by atoms with Crippen LogP contribution in [0.2, 0.25) is 0 Å². The minimum absolute atomic E-state index is 0.00873. The molecule has 1 aliphatic carbocycles. The normalized spacial score (nSPS) is 26.4. The molecule has 1 saturated carbocycles. The van der Waals surface area contributed by atoms with Crippen LogP contribution in [0.4, 0.5) is 19.0 Å². The number of halogens is 3. The largest absolute Gasteiger partial charge is 0.508 e. The summed E-state index contributed by atoms with van der Waals surface area (Å²) in [4.78, 5) is 18.0. The predicted molar refractivity (Wildman–Crippen MR) is 158 cm³/mol. The van der Waals surface area contributed by atoms with Crippen molar-refractivity contribution >= 4 is 27.5 Å². The van der Waals surface area contributed by atoms with E-state index in [0.717, 1.165) is 32.2 Å². The first-order valence-electron chi connectivity index (χ1n) is 15.0. The fourth-order valence-electron chi connectivity index (χ4n) is 7.46. The van der Waals surface area contributed by atoms with Crippen molar-refractivity contribution in [1.29, 1.82) is 0 Å². The Kier molecular flexibility index (Phi) is 6.36. The molecule has 0 radical (unpaired) electrons. The Bertz CT molecular complexity index is 1870. The standard InChI is InChI=1S/C33H30F3N5O3/c1-2-21-24(35)6-5-18-11-20(42)12-22(27(18)21)29-28(36)30-23(15-37-29)31(41-9-4-10-43-26-13-25(26)41)39-32(38-30)44-17-33-7-3-8-40(33)16-19(34)14-33/h1,5-6,11-12,15,19,25-26,42H,3-4,7-10,13-14,16-17H2/t19-,25-,26+,33+/m1/s1. The fourth-order valence-corrected chi connectivity index (χ4v) is 7.46. The van der Waals surface area contributed by atoms with E-state index in [1.165, 1.54) is 30.5 Å². The maximum atomic E-state index is 16.7. The molecule has 4 aliphatic rings. The zero-order valence-corrected chi connectivity index (χ0v) is 23.9. The summed E-state index contributed by atoms with van der Waals surface area (Å²) in [5.41, 5.74) is -0.521. The molecule has 0 unspecified atom stereocenters. The highest BCUT2D eigenvalue weighted by atomic mass is 19.1. The third kappa shape index (κ3) is 4.34. The van der Waals surface area contributed by atoms with Crippen molar-refractivity contribution in [3.05, 3.63) is 47.7 Å². The third-order valence-corrected chi connectivity index (χ3v) is 9.57. The highest BCUT2D eigenvalue weighted by molar-refractivity contribution is 6.03. The van der Waals surface area contributed by atoms with Gasteiger partial charge in [-0.25, -0.2) is 13.2 Å². The lowest BCUT2D eigenvalue weighted by Gasteiger charge is -2.31. The minimum atomic E-state index is -0.920. The zero-order chi connectivity index (χ0) is 30.2. The number of aromatic hydroxyl groups is 1. The van der Waals surface area contributed by atoms with Crippen LogP contribution in [0.3, 0.4) is 0 Å². The number of aromatic nitrogens is 3. The van der Waals surface area contributed by atoms with Crippen molar-refractivity contribution in [3.8, 4) is 35.4 Å². The molecule has 3 aliphatic heterocycles. The van der Waals surface area contributed by atoms with Crippen molar-refractivity contribution in [3.63, 3.8) is 0 Å². The highest BCUT2D eigenvalue weighted by Crippen LogP contribution is 2.43. The molecule has 11 heteroatoms. The Morgan fingerprint density at radius 1 is 1.18 bits per heavy atom. The molecule has 4 atom stereocenters. The van der Waals surface area contributed by atoms with Gasteiger partial charge in [0.2, 0.25) is 0 Å². The first-order chi connectivity index (χ1) is 21.3. The first-order valence-corrected chi connectivity index (χ1v) is 15.0. The summed E-state index contributed by atoms with van der Waals surface area (Å²) in [5.74, 6) is 1.29. The van der Waals surface area contributed by atoms with Crippen LogP contribution < -0.4 is 9.64 Å². The van der Waals surface area contributed by atoms with Crippen LogP contribution in [0, 0.1) is 24.0 Å². The second-order valence-electron chi connectivity index (χ2n) is 12.3. The molecule has 5 heterocycles. The van der Waals surface area contributed by atoms with Gasteiger partial charge in [0.25, 0.3) is 0 Å². The van der Waals surface area contributed by atoms with Gasteiger partial charge < -0.3 is 19.5 Å². The van der Waals surface area contributed by atoms with Gasteiger partial charge in [0.05, 0.1) is 28.6 Å². The molecule has 0 spiro atoms. The maximum absolute atomic E-state index is 16.7. The van der Waals surface area contributed by atoms with E-state index in [9.17, 15) is 13.9 Å². The van der Waals surface area contributed by atoms with Gasteiger partial charge in [-0.2, -0.15) is 9.97 Å². The Labute approximate surface area is 251 Å². The van der Waals surface area contributed by atoms with Crippen LogP contribution >= 0.6 is 0 Å². The van der Waals surface area contributed by atoms with E-state index in [4.69, 9.17) is 20.9 Å². The second-order valence-corrected chi connectivity index (χ2v) is 12.3. The number of hydrogen-bond donors (Lipinski definition) is 1. The summed E-state index contributed by atoms with van der Waals surface area (Å²) in [6, 6.07) is 5.53. The van der Waals surface area contributed by atoms with Gasteiger partial charge >= 0.3 is 6.01 Å². The molecule has 1 N–H and O–H groups in total. The summed E-state index contributed by atoms with van der Waals surface area (Å²) in [6.45, 7) is 2.66. The zero-order valence-electron chi connectivity index (χ0n) is 23.9. The highest BCUT2D eigenvalue weighted by Gasteiger charge is 2.50. The van der Waals surface area contributed by atoms with Crippen molar-refractivity contribution < 1.29 is 27.8 Å². The molecule has 226 valence electrons. The maximum Gasteiger partial charge on any atom is 0.319 e. The first kappa shape index (κ1) is 27.4. The number of ether oxygens (including phenoxy) is 2. The van der Waals surface area contributed by atoms with Crippen LogP contribution in [0.5, 0.6) is 11.8 Å². The predicted octanol–water partition coefficient (Wildman–Crippen LogP) is 5.13. The van der Waals surface area contributed by atoms with E-state index in [2.05, 4.69) is 25.7 Å². The van der Waals surface area contributed by atoms with Gasteiger partial charge in [-0.1, -0.05) is 12.0 Å². The Morgan fingerprint density at radius 2 is 2.07 bits per heavy atom. The van der Waals surface area contributed by atoms with Crippen LogP contribution in [0.15, 0.2) is 30.5 Å². The molecular weight excluding hydrogens is 571 g/mol. The summed E-state index contributed by atoms with van der Waals surface area (Å²) >= 11 is 0. The van der Waals surface area contributed by atoms with Gasteiger partial charge in [0.15, 0.2) is 5.82 Å². The van der Waals surface area contributed by atoms with Crippen LogP contribution in [-0.4, -0.2) is 81.7 Å². The van der Waals surface area contributed by atoms with E-state index < -0.39 is 23.3 Å². The van der Waals surface area contributed by atoms with Crippen molar-refractivity contribution in [1.82, 2.24) is 19.9 Å². The molecule has 4 fully saturated rings. The number of phenolic OH excluding ortho intramolecular Hbond substituents is 1. The summed E-state index contributed by atoms with van der Waals surface area (Å²) in [5, 5.41) is 11.6. The Balaban J connectivity index is 1.28. The molecule has 3 saturated heterocycles. The quantitative estimate of drug-likeness (QED) is 0.315. The van der Waals surface area contributed by atoms with E-state index in [-0.39, 0.29) is 58.2 Å². The Hall–Kier alpha value is -4.14. The molecule has 0 amide bonds. The number of pyridine rings is 1. The SMILES string of the molecule is C#Cc1c(F)ccc2cc(O)cc(-c3ncc4c(N5CCCO[C@H]6C[C@H]65)nc(OC[C@@]56CCCN5C[C@H](F)C6)nc4c3F)c12. The monoisotopic (exact) mass is 601 g/mol. The number of phenols is 1. The Morgan fingerprint density at radius 3 is 2.93 bits per heavy atom. The number of terminal acetylenes is 1. The van der Waals surface area contributed by atoms with Crippen molar-refractivity contribution in [2.24, 2.45) is 0 Å². The third-order valence-electron chi connectivity index (χ3n) is 9.57. The minimum Gasteiger partial charge on any atom is -0.508 e. The average Bonchev–Trinajstić information content (AvgIpc) is 3.62. The average molecular weight is 602 g/mol. The molecular formula is C33H30F3N5O3.